The van der Waals surface area contributed by atoms with Gasteiger partial charge in [-0.15, -0.1) is 0 Å². The van der Waals surface area contributed by atoms with Crippen molar-refractivity contribution in [2.24, 2.45) is 11.8 Å². The maximum atomic E-state index is 12.3. The van der Waals surface area contributed by atoms with Gasteiger partial charge in [-0.3, -0.25) is 9.59 Å². The lowest BCUT2D eigenvalue weighted by molar-refractivity contribution is -0.140. The van der Waals surface area contributed by atoms with Crippen LogP contribution in [0.1, 0.15) is 105 Å². The van der Waals surface area contributed by atoms with Crippen molar-refractivity contribution in [2.75, 3.05) is 0 Å². The lowest BCUT2D eigenvalue weighted by Gasteiger charge is -2.16. The van der Waals surface area contributed by atoms with Crippen molar-refractivity contribution in [1.29, 1.82) is 0 Å². The summed E-state index contributed by atoms with van der Waals surface area (Å²) in [5.41, 5.74) is 0. The highest BCUT2D eigenvalue weighted by Crippen LogP contribution is 2.19. The van der Waals surface area contributed by atoms with Crippen LogP contribution in [0.25, 0.3) is 0 Å². The van der Waals surface area contributed by atoms with Crippen LogP contribution >= 0.6 is 0 Å². The summed E-state index contributed by atoms with van der Waals surface area (Å²) in [7, 11) is -1.64. The van der Waals surface area contributed by atoms with Crippen molar-refractivity contribution in [1.82, 2.24) is 0 Å². The highest BCUT2D eigenvalue weighted by molar-refractivity contribution is 6.37. The van der Waals surface area contributed by atoms with Gasteiger partial charge in [0.2, 0.25) is 19.5 Å². The van der Waals surface area contributed by atoms with E-state index in [1.54, 1.807) is 0 Å². The molecule has 0 aliphatic carbocycles. The van der Waals surface area contributed by atoms with Crippen molar-refractivity contribution in [3.63, 3.8) is 0 Å². The van der Waals surface area contributed by atoms with Crippen molar-refractivity contribution in [3.8, 4) is 0 Å². The van der Waals surface area contributed by atoms with E-state index in [9.17, 15) is 9.59 Å². The molecule has 166 valence electrons. The first kappa shape index (κ1) is 27.4. The summed E-state index contributed by atoms with van der Waals surface area (Å²) >= 11 is 0. The highest BCUT2D eigenvalue weighted by atomic mass is 28.2. The van der Waals surface area contributed by atoms with Gasteiger partial charge in [0, 0.05) is 0 Å². The molecule has 0 amide bonds. The van der Waals surface area contributed by atoms with Crippen molar-refractivity contribution in [3.05, 3.63) is 0 Å². The minimum absolute atomic E-state index is 0.0337. The third-order valence-electron chi connectivity index (χ3n) is 5.32. The number of hydrogen-bond acceptors (Lipinski definition) is 4. The highest BCUT2D eigenvalue weighted by Gasteiger charge is 2.20. The quantitative estimate of drug-likeness (QED) is 0.212. The maximum absolute atomic E-state index is 12.3. The third kappa shape index (κ3) is 14.4. The van der Waals surface area contributed by atoms with Gasteiger partial charge in [0.1, 0.15) is 0 Å². The Bertz CT molecular complexity index is 339. The zero-order chi connectivity index (χ0) is 21.0. The van der Waals surface area contributed by atoms with Gasteiger partial charge in [0.25, 0.3) is 11.9 Å². The largest absolute Gasteiger partial charge is 0.525 e. The summed E-state index contributed by atoms with van der Waals surface area (Å²) in [6, 6.07) is 1.90. The maximum Gasteiger partial charge on any atom is 0.295 e. The van der Waals surface area contributed by atoms with E-state index in [0.717, 1.165) is 89.1 Å². The number of unbranched alkanes of at least 4 members (excludes halogenated alkanes) is 4. The zero-order valence-corrected chi connectivity index (χ0v) is 21.9. The Hall–Kier alpha value is -0.626. The van der Waals surface area contributed by atoms with Crippen LogP contribution in [0.4, 0.5) is 0 Å². The Morgan fingerprint density at radius 2 is 0.893 bits per heavy atom. The first-order valence-corrected chi connectivity index (χ1v) is 15.1. The van der Waals surface area contributed by atoms with Gasteiger partial charge in [-0.2, -0.15) is 0 Å². The molecule has 0 spiro atoms. The first-order valence-electron chi connectivity index (χ1n) is 11.9. The minimum atomic E-state index is -0.822. The third-order valence-corrected chi connectivity index (χ3v) is 8.87. The fraction of sp³-hybridized carbons (Fsp3) is 0.909. The second kappa shape index (κ2) is 19.7. The molecule has 0 saturated heterocycles. The van der Waals surface area contributed by atoms with Crippen LogP contribution in [0.3, 0.4) is 0 Å². The predicted octanol–water partition coefficient (Wildman–Crippen LogP) is 5.07. The Balaban J connectivity index is 4.02. The van der Waals surface area contributed by atoms with E-state index in [2.05, 4.69) is 27.7 Å². The topological polar surface area (TPSA) is 52.6 Å². The van der Waals surface area contributed by atoms with Crippen molar-refractivity contribution in [2.45, 2.75) is 117 Å². The smallest absolute Gasteiger partial charge is 0.295 e. The van der Waals surface area contributed by atoms with Crippen LogP contribution in [0, 0.1) is 11.8 Å². The molecule has 28 heavy (non-hydrogen) atoms. The molecule has 0 aliphatic heterocycles. The Morgan fingerprint density at radius 1 is 0.607 bits per heavy atom. The number of rotatable bonds is 19. The van der Waals surface area contributed by atoms with Crippen LogP contribution in [0.5, 0.6) is 0 Å². The molecule has 0 N–H and O–H groups in total. The van der Waals surface area contributed by atoms with Gasteiger partial charge >= 0.3 is 0 Å². The molecule has 0 rings (SSSR count). The summed E-state index contributed by atoms with van der Waals surface area (Å²) in [6.07, 6.45) is 12.8. The second-order valence-corrected chi connectivity index (χ2v) is 10.8. The molecule has 4 nitrogen and oxygen atoms in total. The van der Waals surface area contributed by atoms with E-state index >= 15 is 0 Å². The van der Waals surface area contributed by atoms with E-state index in [1.807, 2.05) is 0 Å². The molecular weight excluding hydrogens is 384 g/mol. The van der Waals surface area contributed by atoms with E-state index in [4.69, 9.17) is 8.85 Å². The van der Waals surface area contributed by atoms with Crippen LogP contribution in [-0.4, -0.2) is 31.5 Å². The fourth-order valence-electron chi connectivity index (χ4n) is 3.35. The molecule has 0 aliphatic rings. The summed E-state index contributed by atoms with van der Waals surface area (Å²) in [6.45, 7) is 8.66. The summed E-state index contributed by atoms with van der Waals surface area (Å²) < 4.78 is 11.3. The molecule has 0 heterocycles. The molecule has 6 heteroatoms. The Kier molecular flexibility index (Phi) is 19.2. The number of hydrogen-bond donors (Lipinski definition) is 0. The normalized spacial score (nSPS) is 12.1. The van der Waals surface area contributed by atoms with E-state index in [-0.39, 0.29) is 23.8 Å². The predicted molar refractivity (Wildman–Crippen MR) is 124 cm³/mol. The summed E-state index contributed by atoms with van der Waals surface area (Å²) in [4.78, 5) is 24.6. The van der Waals surface area contributed by atoms with Crippen LogP contribution in [0.15, 0.2) is 0 Å². The van der Waals surface area contributed by atoms with Crippen molar-refractivity contribution >= 4 is 31.5 Å². The van der Waals surface area contributed by atoms with Gasteiger partial charge in [-0.05, 0) is 37.8 Å². The molecule has 0 radical (unpaired) electrons. The summed E-state index contributed by atoms with van der Waals surface area (Å²) in [5, 5.41) is 0. The Morgan fingerprint density at radius 3 is 1.14 bits per heavy atom. The Labute approximate surface area is 178 Å². The average molecular weight is 431 g/mol. The average Bonchev–Trinajstić information content (AvgIpc) is 2.70. The van der Waals surface area contributed by atoms with Crippen molar-refractivity contribution < 1.29 is 18.4 Å². The lowest BCUT2D eigenvalue weighted by Crippen LogP contribution is -2.21. The number of carbonyl (C=O) groups is 2. The molecule has 0 saturated carbocycles. The molecule has 0 bridgehead atoms. The monoisotopic (exact) mass is 430 g/mol. The first-order chi connectivity index (χ1) is 13.6. The van der Waals surface area contributed by atoms with Gasteiger partial charge in [-0.25, -0.2) is 0 Å². The molecule has 0 aromatic rings. The second-order valence-electron chi connectivity index (χ2n) is 8.00. The van der Waals surface area contributed by atoms with Crippen LogP contribution < -0.4 is 0 Å². The fourth-order valence-corrected chi connectivity index (χ4v) is 6.14. The van der Waals surface area contributed by atoms with Crippen LogP contribution in [-0.2, 0) is 18.4 Å². The molecule has 0 unspecified atom stereocenters. The lowest BCUT2D eigenvalue weighted by atomic mass is 9.96. The van der Waals surface area contributed by atoms with Crippen LogP contribution in [0.2, 0.25) is 12.1 Å². The van der Waals surface area contributed by atoms with Gasteiger partial charge in [0.05, 0.1) is 11.8 Å². The van der Waals surface area contributed by atoms with E-state index in [0.29, 0.717) is 0 Å². The van der Waals surface area contributed by atoms with Gasteiger partial charge in [-0.1, -0.05) is 79.1 Å². The van der Waals surface area contributed by atoms with E-state index in [1.165, 1.54) is 0 Å². The SMILES string of the molecule is CCCCC(CCCC)C(=O)O[SiH2]CC[SiH2]OC(=O)C(CCCC)CCCC. The van der Waals surface area contributed by atoms with E-state index < -0.39 is 19.5 Å². The van der Waals surface area contributed by atoms with Gasteiger partial charge in [0.15, 0.2) is 0 Å². The standard InChI is InChI=1S/C22H46O4Si2/c1-5-9-13-19(14-10-6-2)21(23)25-27-17-18-28-26-22(24)20(15-11-7-3)16-12-8-4/h19-20H,5-18,27-28H2,1-4H3. The van der Waals surface area contributed by atoms with Gasteiger partial charge < -0.3 is 8.85 Å². The minimum Gasteiger partial charge on any atom is -0.525 e. The molecule has 0 aromatic heterocycles. The summed E-state index contributed by atoms with van der Waals surface area (Å²) in [5.74, 6) is 0.263. The molecule has 0 aromatic carbocycles. The zero-order valence-electron chi connectivity index (χ0n) is 19.1. The molecule has 0 atom stereocenters. The molecular formula is C22H46O4Si2. The number of carbonyl (C=O) groups excluding carboxylic acids is 2. The molecule has 0 fully saturated rings.